The fourth-order valence-corrected chi connectivity index (χ4v) is 3.38. The van der Waals surface area contributed by atoms with Crippen molar-refractivity contribution >= 4 is 11.8 Å². The number of ketones is 1. The second kappa shape index (κ2) is 11.7. The molecule has 4 atom stereocenters. The van der Waals surface area contributed by atoms with E-state index in [0.29, 0.717) is 32.1 Å². The maximum absolute atomic E-state index is 12.2. The molecule has 0 amide bonds. The summed E-state index contributed by atoms with van der Waals surface area (Å²) < 4.78 is 0. The van der Waals surface area contributed by atoms with Crippen LogP contribution in [0.2, 0.25) is 0 Å². The Labute approximate surface area is 162 Å². The van der Waals surface area contributed by atoms with Crippen LogP contribution in [0.15, 0.2) is 24.3 Å². The summed E-state index contributed by atoms with van der Waals surface area (Å²) in [6.07, 6.45) is 16.8. The lowest BCUT2D eigenvalue weighted by Gasteiger charge is -2.21. The molecule has 1 saturated carbocycles. The number of Topliss-reactive ketones (excluding diaryl/α,β-unsaturated/α-hetero) is 1. The highest BCUT2D eigenvalue weighted by molar-refractivity contribution is 5.84. The van der Waals surface area contributed by atoms with Crippen molar-refractivity contribution < 1.29 is 24.9 Å². The summed E-state index contributed by atoms with van der Waals surface area (Å²) in [5, 5.41) is 29.2. The molecule has 0 bridgehead atoms. The van der Waals surface area contributed by atoms with E-state index in [2.05, 4.69) is 5.92 Å². The van der Waals surface area contributed by atoms with Crippen LogP contribution in [-0.4, -0.2) is 38.8 Å². The van der Waals surface area contributed by atoms with Crippen molar-refractivity contribution in [1.29, 1.82) is 0 Å². The smallest absolute Gasteiger partial charge is 0.303 e. The lowest BCUT2D eigenvalue weighted by Crippen LogP contribution is -2.25. The summed E-state index contributed by atoms with van der Waals surface area (Å²) >= 11 is 0. The first-order chi connectivity index (χ1) is 12.8. The van der Waals surface area contributed by atoms with E-state index in [9.17, 15) is 19.8 Å². The van der Waals surface area contributed by atoms with Crippen LogP contribution >= 0.6 is 0 Å². The number of carbonyl (C=O) groups is 2. The maximum atomic E-state index is 12.2. The van der Waals surface area contributed by atoms with Crippen LogP contribution in [0, 0.1) is 24.2 Å². The van der Waals surface area contributed by atoms with Gasteiger partial charge in [0, 0.05) is 31.1 Å². The lowest BCUT2D eigenvalue weighted by atomic mass is 9.88. The molecule has 2 unspecified atom stereocenters. The van der Waals surface area contributed by atoms with Crippen LogP contribution in [0.25, 0.3) is 0 Å². The van der Waals surface area contributed by atoms with Crippen molar-refractivity contribution in [2.45, 2.75) is 76.4 Å². The predicted molar refractivity (Wildman–Crippen MR) is 105 cm³/mol. The van der Waals surface area contributed by atoms with E-state index in [1.54, 1.807) is 6.08 Å². The average Bonchev–Trinajstić information content (AvgIpc) is 2.89. The van der Waals surface area contributed by atoms with Crippen molar-refractivity contribution in [3.05, 3.63) is 24.3 Å². The Bertz CT molecular complexity index is 586. The molecule has 0 aliphatic heterocycles. The van der Waals surface area contributed by atoms with Crippen molar-refractivity contribution in [3.63, 3.8) is 0 Å². The topological polar surface area (TPSA) is 94.8 Å². The number of aliphatic hydroxyl groups is 2. The standard InChI is InChI=1S/C22H32O5/c1-3-5-14-22(27,4-2)15-10-12-18-17(19(23)16-20(18)24)11-8-6-7-9-13-21(25)26/h2,6,8,10,12,17-18,20,24,27H,3,5,7,9,11,13-16H2,1H3,(H,25,26)/b8-6-,12-10+/t17-,18-,20?,22?/m1/s1. The zero-order valence-corrected chi connectivity index (χ0v) is 16.1. The molecule has 5 heteroatoms. The van der Waals surface area contributed by atoms with Crippen LogP contribution < -0.4 is 0 Å². The molecule has 1 fully saturated rings. The maximum Gasteiger partial charge on any atom is 0.303 e. The lowest BCUT2D eigenvalue weighted by molar-refractivity contribution is -0.137. The third-order valence-electron chi connectivity index (χ3n) is 5.08. The molecule has 0 spiro atoms. The van der Waals surface area contributed by atoms with Crippen LogP contribution in [-0.2, 0) is 9.59 Å². The minimum absolute atomic E-state index is 0.0329. The number of carboxylic acids is 1. The molecular formula is C22H32O5. The van der Waals surface area contributed by atoms with Gasteiger partial charge < -0.3 is 15.3 Å². The van der Waals surface area contributed by atoms with Gasteiger partial charge in [0.2, 0.25) is 0 Å². The van der Waals surface area contributed by atoms with Gasteiger partial charge in [-0.2, -0.15) is 0 Å². The number of carboxylic acid groups (broad SMARTS) is 1. The van der Waals surface area contributed by atoms with Gasteiger partial charge in [0.15, 0.2) is 0 Å². The van der Waals surface area contributed by atoms with E-state index in [0.717, 1.165) is 12.8 Å². The van der Waals surface area contributed by atoms with E-state index in [-0.39, 0.29) is 30.5 Å². The monoisotopic (exact) mass is 376 g/mol. The summed E-state index contributed by atoms with van der Waals surface area (Å²) in [5.41, 5.74) is -1.18. The number of aliphatic carboxylic acids is 1. The van der Waals surface area contributed by atoms with Crippen LogP contribution in [0.4, 0.5) is 0 Å². The zero-order valence-electron chi connectivity index (χ0n) is 16.1. The number of aliphatic hydroxyl groups excluding tert-OH is 1. The Morgan fingerprint density at radius 1 is 1.33 bits per heavy atom. The molecule has 1 aliphatic carbocycles. The van der Waals surface area contributed by atoms with Gasteiger partial charge in [-0.15, -0.1) is 6.42 Å². The summed E-state index contributed by atoms with van der Waals surface area (Å²) in [7, 11) is 0. The van der Waals surface area contributed by atoms with Crippen LogP contribution in [0.1, 0.15) is 64.7 Å². The number of carbonyl (C=O) groups excluding carboxylic acids is 1. The molecule has 150 valence electrons. The van der Waals surface area contributed by atoms with Crippen molar-refractivity contribution in [1.82, 2.24) is 0 Å². The number of hydrogen-bond donors (Lipinski definition) is 3. The first-order valence-electron chi connectivity index (χ1n) is 9.77. The Morgan fingerprint density at radius 2 is 2.07 bits per heavy atom. The van der Waals surface area contributed by atoms with Gasteiger partial charge in [0.05, 0.1) is 6.10 Å². The molecule has 0 aromatic rings. The fourth-order valence-electron chi connectivity index (χ4n) is 3.38. The largest absolute Gasteiger partial charge is 0.481 e. The van der Waals surface area contributed by atoms with Crippen LogP contribution in [0.5, 0.6) is 0 Å². The van der Waals surface area contributed by atoms with Gasteiger partial charge in [0.25, 0.3) is 0 Å². The van der Waals surface area contributed by atoms with Gasteiger partial charge >= 0.3 is 5.97 Å². The molecule has 0 heterocycles. The molecular weight excluding hydrogens is 344 g/mol. The normalized spacial score (nSPS) is 25.1. The highest BCUT2D eigenvalue weighted by atomic mass is 16.4. The van der Waals surface area contributed by atoms with Gasteiger partial charge in [-0.3, -0.25) is 9.59 Å². The first-order valence-corrected chi connectivity index (χ1v) is 9.77. The summed E-state index contributed by atoms with van der Waals surface area (Å²) in [6, 6.07) is 0. The third kappa shape index (κ3) is 8.11. The summed E-state index contributed by atoms with van der Waals surface area (Å²) in [4.78, 5) is 22.7. The first kappa shape index (κ1) is 23.1. The van der Waals surface area contributed by atoms with Gasteiger partial charge in [-0.1, -0.05) is 43.6 Å². The molecule has 0 aromatic carbocycles. The quantitative estimate of drug-likeness (QED) is 0.276. The highest BCUT2D eigenvalue weighted by Gasteiger charge is 2.39. The van der Waals surface area contributed by atoms with E-state index in [4.69, 9.17) is 11.5 Å². The van der Waals surface area contributed by atoms with Crippen molar-refractivity contribution in [3.8, 4) is 12.3 Å². The van der Waals surface area contributed by atoms with E-state index in [1.165, 1.54) is 0 Å². The predicted octanol–water partition coefficient (Wildman–Crippen LogP) is 3.25. The number of rotatable bonds is 12. The fraction of sp³-hybridized carbons (Fsp3) is 0.636. The molecule has 0 aromatic heterocycles. The van der Waals surface area contributed by atoms with Crippen LogP contribution in [0.3, 0.4) is 0 Å². The zero-order chi connectivity index (χ0) is 20.3. The Hall–Kier alpha value is -1.90. The second-order valence-corrected chi connectivity index (χ2v) is 7.33. The van der Waals surface area contributed by atoms with E-state index in [1.807, 2.05) is 25.2 Å². The number of allylic oxidation sites excluding steroid dienone is 2. The van der Waals surface area contributed by atoms with E-state index >= 15 is 0 Å². The molecule has 0 radical (unpaired) electrons. The molecule has 27 heavy (non-hydrogen) atoms. The summed E-state index contributed by atoms with van der Waals surface area (Å²) in [6.45, 7) is 2.03. The molecule has 1 rings (SSSR count). The number of hydrogen-bond acceptors (Lipinski definition) is 4. The third-order valence-corrected chi connectivity index (χ3v) is 5.08. The van der Waals surface area contributed by atoms with Gasteiger partial charge in [-0.05, 0) is 32.1 Å². The van der Waals surface area contributed by atoms with Gasteiger partial charge in [0.1, 0.15) is 11.4 Å². The average molecular weight is 376 g/mol. The minimum atomic E-state index is -1.18. The molecule has 1 aliphatic rings. The molecule has 5 nitrogen and oxygen atoms in total. The van der Waals surface area contributed by atoms with Gasteiger partial charge in [-0.25, -0.2) is 0 Å². The van der Waals surface area contributed by atoms with E-state index < -0.39 is 17.7 Å². The Balaban J connectivity index is 2.60. The van der Waals surface area contributed by atoms with Crippen molar-refractivity contribution in [2.24, 2.45) is 11.8 Å². The molecule has 0 saturated heterocycles. The highest BCUT2D eigenvalue weighted by Crippen LogP contribution is 2.33. The SMILES string of the molecule is C#CC(O)(C/C=C/[C@H]1C(O)CC(=O)[C@@H]1C/C=C\CCCC(=O)O)CCCC. The number of terminal acetylenes is 1. The molecule has 3 N–H and O–H groups in total. The summed E-state index contributed by atoms with van der Waals surface area (Å²) in [5.74, 6) is 1.10. The minimum Gasteiger partial charge on any atom is -0.481 e. The second-order valence-electron chi connectivity index (χ2n) is 7.33. The van der Waals surface area contributed by atoms with Crippen molar-refractivity contribution in [2.75, 3.05) is 0 Å². The Morgan fingerprint density at radius 3 is 2.70 bits per heavy atom. The number of unbranched alkanes of at least 4 members (excludes halogenated alkanes) is 2. The Kier molecular flexibility index (Phi) is 10.1.